The van der Waals surface area contributed by atoms with Crippen molar-refractivity contribution in [2.45, 2.75) is 6.92 Å². The molecular formula is C12H11F2N3. The lowest BCUT2D eigenvalue weighted by Gasteiger charge is -2.09. The van der Waals surface area contributed by atoms with Crippen LogP contribution in [-0.4, -0.2) is 17.0 Å². The molecule has 0 bridgehead atoms. The average Bonchev–Trinajstić information content (AvgIpc) is 2.28. The van der Waals surface area contributed by atoms with Gasteiger partial charge in [-0.1, -0.05) is 0 Å². The first-order valence-electron chi connectivity index (χ1n) is 5.07. The molecule has 0 saturated carbocycles. The first-order chi connectivity index (χ1) is 8.11. The zero-order chi connectivity index (χ0) is 12.4. The van der Waals surface area contributed by atoms with Gasteiger partial charge >= 0.3 is 0 Å². The highest BCUT2D eigenvalue weighted by molar-refractivity contribution is 5.67. The van der Waals surface area contributed by atoms with Crippen LogP contribution in [0.3, 0.4) is 0 Å². The smallest absolute Gasteiger partial charge is 0.132 e. The second-order valence-corrected chi connectivity index (χ2v) is 3.60. The van der Waals surface area contributed by atoms with E-state index in [1.54, 1.807) is 14.0 Å². The maximum Gasteiger partial charge on any atom is 0.132 e. The van der Waals surface area contributed by atoms with Crippen molar-refractivity contribution in [3.05, 3.63) is 41.7 Å². The predicted octanol–water partition coefficient (Wildman–Crippen LogP) is 2.77. The Kier molecular flexibility index (Phi) is 2.99. The Labute approximate surface area is 97.5 Å². The molecule has 0 spiro atoms. The molecule has 0 unspecified atom stereocenters. The van der Waals surface area contributed by atoms with Gasteiger partial charge in [0.2, 0.25) is 0 Å². The lowest BCUT2D eigenvalue weighted by atomic mass is 10.1. The van der Waals surface area contributed by atoms with E-state index in [9.17, 15) is 8.78 Å². The molecule has 0 aliphatic carbocycles. The molecule has 3 nitrogen and oxygen atoms in total. The maximum absolute atomic E-state index is 13.1. The van der Waals surface area contributed by atoms with Crippen LogP contribution in [0, 0.1) is 18.6 Å². The molecule has 2 aromatic rings. The monoisotopic (exact) mass is 235 g/mol. The van der Waals surface area contributed by atoms with Gasteiger partial charge in [-0.15, -0.1) is 0 Å². The zero-order valence-electron chi connectivity index (χ0n) is 9.46. The number of anilines is 1. The second kappa shape index (κ2) is 4.45. The van der Waals surface area contributed by atoms with Crippen molar-refractivity contribution in [2.24, 2.45) is 0 Å². The van der Waals surface area contributed by atoms with Crippen LogP contribution in [0.4, 0.5) is 14.6 Å². The van der Waals surface area contributed by atoms with Gasteiger partial charge in [0.15, 0.2) is 0 Å². The van der Waals surface area contributed by atoms with Gasteiger partial charge in [0.1, 0.15) is 23.8 Å². The van der Waals surface area contributed by atoms with Gasteiger partial charge in [0, 0.05) is 24.2 Å². The number of nitrogens with zero attached hydrogens (tertiary/aromatic N) is 2. The summed E-state index contributed by atoms with van der Waals surface area (Å²) in [4.78, 5) is 8.07. The largest absolute Gasteiger partial charge is 0.373 e. The first-order valence-corrected chi connectivity index (χ1v) is 5.07. The summed E-state index contributed by atoms with van der Waals surface area (Å²) in [5.74, 6) is -0.604. The molecule has 1 aromatic carbocycles. The minimum absolute atomic E-state index is 0.402. The van der Waals surface area contributed by atoms with Crippen LogP contribution in [0.15, 0.2) is 24.5 Å². The summed E-state index contributed by atoms with van der Waals surface area (Å²) in [6.45, 7) is 1.80. The Morgan fingerprint density at radius 2 is 1.71 bits per heavy atom. The molecule has 0 saturated heterocycles. The average molecular weight is 235 g/mol. The molecule has 5 heteroatoms. The number of aromatic nitrogens is 2. The van der Waals surface area contributed by atoms with E-state index < -0.39 is 11.6 Å². The fourth-order valence-corrected chi connectivity index (χ4v) is 1.68. The Hall–Kier alpha value is -2.04. The molecular weight excluding hydrogens is 224 g/mol. The van der Waals surface area contributed by atoms with Crippen molar-refractivity contribution in [1.82, 2.24) is 9.97 Å². The fraction of sp³-hybridized carbons (Fsp3) is 0.167. The van der Waals surface area contributed by atoms with Crippen molar-refractivity contribution >= 4 is 5.82 Å². The van der Waals surface area contributed by atoms with Crippen molar-refractivity contribution in [3.8, 4) is 11.3 Å². The molecule has 17 heavy (non-hydrogen) atoms. The van der Waals surface area contributed by atoms with Crippen molar-refractivity contribution in [3.63, 3.8) is 0 Å². The molecule has 1 aromatic heterocycles. The summed E-state index contributed by atoms with van der Waals surface area (Å²) in [7, 11) is 1.73. The lowest BCUT2D eigenvalue weighted by molar-refractivity contribution is 0.584. The number of hydrogen-bond donors (Lipinski definition) is 1. The van der Waals surface area contributed by atoms with Gasteiger partial charge in [-0.3, -0.25) is 0 Å². The normalized spacial score (nSPS) is 10.4. The van der Waals surface area contributed by atoms with E-state index in [1.807, 2.05) is 0 Å². The molecule has 1 heterocycles. The Balaban J connectivity index is 2.60. The SMILES string of the molecule is CNc1ncnc(-c2cc(F)cc(F)c2)c1C. The molecule has 0 aliphatic rings. The van der Waals surface area contributed by atoms with Crippen LogP contribution in [-0.2, 0) is 0 Å². The number of rotatable bonds is 2. The summed E-state index contributed by atoms with van der Waals surface area (Å²) in [5, 5.41) is 2.90. The van der Waals surface area contributed by atoms with Gasteiger partial charge in [0.05, 0.1) is 5.69 Å². The highest BCUT2D eigenvalue weighted by Gasteiger charge is 2.10. The Bertz CT molecular complexity index is 535. The highest BCUT2D eigenvalue weighted by atomic mass is 19.1. The summed E-state index contributed by atoms with van der Waals surface area (Å²) in [6.07, 6.45) is 1.36. The number of benzene rings is 1. The van der Waals surface area contributed by atoms with Crippen LogP contribution in [0.2, 0.25) is 0 Å². The van der Waals surface area contributed by atoms with E-state index in [1.165, 1.54) is 18.5 Å². The van der Waals surface area contributed by atoms with Gasteiger partial charge in [-0.2, -0.15) is 0 Å². The molecule has 0 radical (unpaired) electrons. The number of nitrogens with one attached hydrogen (secondary N) is 1. The minimum atomic E-state index is -0.621. The molecule has 0 amide bonds. The van der Waals surface area contributed by atoms with Crippen LogP contribution < -0.4 is 5.32 Å². The zero-order valence-corrected chi connectivity index (χ0v) is 9.46. The number of halogens is 2. The quantitative estimate of drug-likeness (QED) is 0.869. The van der Waals surface area contributed by atoms with Gasteiger partial charge in [-0.25, -0.2) is 18.7 Å². The molecule has 0 aliphatic heterocycles. The van der Waals surface area contributed by atoms with Crippen molar-refractivity contribution < 1.29 is 8.78 Å². The predicted molar refractivity (Wildman–Crippen MR) is 61.7 cm³/mol. The third-order valence-electron chi connectivity index (χ3n) is 2.46. The summed E-state index contributed by atoms with van der Waals surface area (Å²) >= 11 is 0. The molecule has 0 fully saturated rings. The first kappa shape index (κ1) is 11.4. The van der Waals surface area contributed by atoms with Crippen LogP contribution >= 0.6 is 0 Å². The van der Waals surface area contributed by atoms with Gasteiger partial charge in [0.25, 0.3) is 0 Å². The van der Waals surface area contributed by atoms with E-state index in [2.05, 4.69) is 15.3 Å². The van der Waals surface area contributed by atoms with E-state index in [0.717, 1.165) is 11.6 Å². The molecule has 0 atom stereocenters. The van der Waals surface area contributed by atoms with Crippen LogP contribution in [0.1, 0.15) is 5.56 Å². The van der Waals surface area contributed by atoms with Gasteiger partial charge in [-0.05, 0) is 19.1 Å². The second-order valence-electron chi connectivity index (χ2n) is 3.60. The summed E-state index contributed by atoms with van der Waals surface area (Å²) < 4.78 is 26.3. The minimum Gasteiger partial charge on any atom is -0.373 e. The summed E-state index contributed by atoms with van der Waals surface area (Å²) in [6, 6.07) is 3.33. The molecule has 2 rings (SSSR count). The van der Waals surface area contributed by atoms with Gasteiger partial charge < -0.3 is 5.32 Å². The Morgan fingerprint density at radius 3 is 2.29 bits per heavy atom. The fourth-order valence-electron chi connectivity index (χ4n) is 1.68. The molecule has 88 valence electrons. The third kappa shape index (κ3) is 2.22. The summed E-state index contributed by atoms with van der Waals surface area (Å²) in [5.41, 5.74) is 1.67. The van der Waals surface area contributed by atoms with E-state index in [4.69, 9.17) is 0 Å². The topological polar surface area (TPSA) is 37.8 Å². The van der Waals surface area contributed by atoms with E-state index in [-0.39, 0.29) is 0 Å². The Morgan fingerprint density at radius 1 is 1.06 bits per heavy atom. The van der Waals surface area contributed by atoms with E-state index >= 15 is 0 Å². The maximum atomic E-state index is 13.1. The van der Waals surface area contributed by atoms with E-state index in [0.29, 0.717) is 17.1 Å². The third-order valence-corrected chi connectivity index (χ3v) is 2.46. The highest BCUT2D eigenvalue weighted by Crippen LogP contribution is 2.25. The lowest BCUT2D eigenvalue weighted by Crippen LogP contribution is -1.99. The molecule has 1 N–H and O–H groups in total. The standard InChI is InChI=1S/C12H11F2N3/c1-7-11(16-6-17-12(7)15-2)8-3-9(13)5-10(14)4-8/h3-6H,1-2H3,(H,15,16,17). The van der Waals surface area contributed by atoms with Crippen molar-refractivity contribution in [2.75, 3.05) is 12.4 Å². The van der Waals surface area contributed by atoms with Crippen LogP contribution in [0.5, 0.6) is 0 Å². The van der Waals surface area contributed by atoms with Crippen LogP contribution in [0.25, 0.3) is 11.3 Å². The van der Waals surface area contributed by atoms with Crippen molar-refractivity contribution in [1.29, 1.82) is 0 Å². The number of hydrogen-bond acceptors (Lipinski definition) is 3.